The average molecular weight is 561 g/mol. The van der Waals surface area contributed by atoms with E-state index in [1.165, 1.54) is 71.6 Å². The lowest BCUT2D eigenvalue weighted by Gasteiger charge is -2.13. The summed E-state index contributed by atoms with van der Waals surface area (Å²) in [6.45, 7) is 0. The Labute approximate surface area is 255 Å². The number of aromatic nitrogens is 2. The Hall–Kier alpha value is -5.86. The first-order valence-corrected chi connectivity index (χ1v) is 15.1. The first kappa shape index (κ1) is 24.7. The van der Waals surface area contributed by atoms with Gasteiger partial charge in [-0.1, -0.05) is 121 Å². The molecule has 7 aromatic carbocycles. The third-order valence-electron chi connectivity index (χ3n) is 8.91. The van der Waals surface area contributed by atoms with Gasteiger partial charge >= 0.3 is 0 Å². The van der Waals surface area contributed by atoms with Gasteiger partial charge in [0.1, 0.15) is 0 Å². The average Bonchev–Trinajstić information content (AvgIpc) is 3.60. The van der Waals surface area contributed by atoms with Crippen LogP contribution in [0.4, 0.5) is 0 Å². The second-order valence-corrected chi connectivity index (χ2v) is 11.4. The molecule has 0 aliphatic rings. The van der Waals surface area contributed by atoms with Gasteiger partial charge in [0.15, 0.2) is 0 Å². The smallest absolute Gasteiger partial charge is 0.0548 e. The molecule has 0 fully saturated rings. The van der Waals surface area contributed by atoms with Crippen molar-refractivity contribution in [1.82, 2.24) is 9.13 Å². The van der Waals surface area contributed by atoms with E-state index in [1.54, 1.807) is 0 Å². The molecule has 0 bridgehead atoms. The molecule has 0 amide bonds. The van der Waals surface area contributed by atoms with Gasteiger partial charge in [0.2, 0.25) is 0 Å². The van der Waals surface area contributed by atoms with E-state index in [0.717, 1.165) is 5.69 Å². The van der Waals surface area contributed by atoms with Gasteiger partial charge < -0.3 is 9.13 Å². The maximum Gasteiger partial charge on any atom is 0.0548 e. The van der Waals surface area contributed by atoms with Crippen LogP contribution in [-0.4, -0.2) is 9.13 Å². The zero-order valence-corrected chi connectivity index (χ0v) is 24.1. The first-order valence-electron chi connectivity index (χ1n) is 15.1. The van der Waals surface area contributed by atoms with E-state index in [2.05, 4.69) is 179 Å². The maximum absolute atomic E-state index is 2.44. The van der Waals surface area contributed by atoms with Gasteiger partial charge in [-0.3, -0.25) is 0 Å². The fourth-order valence-corrected chi connectivity index (χ4v) is 6.98. The minimum absolute atomic E-state index is 1.16. The maximum atomic E-state index is 2.44. The number of benzene rings is 7. The lowest BCUT2D eigenvalue weighted by Crippen LogP contribution is -1.95. The Kier molecular flexibility index (Phi) is 5.54. The first-order chi connectivity index (χ1) is 21.8. The fourth-order valence-electron chi connectivity index (χ4n) is 6.98. The molecule has 0 N–H and O–H groups in total. The number of hydrogen-bond acceptors (Lipinski definition) is 0. The van der Waals surface area contributed by atoms with E-state index >= 15 is 0 Å². The van der Waals surface area contributed by atoms with Crippen LogP contribution in [0.15, 0.2) is 170 Å². The molecule has 0 radical (unpaired) electrons. The van der Waals surface area contributed by atoms with Crippen LogP contribution in [0.25, 0.3) is 77.2 Å². The van der Waals surface area contributed by atoms with E-state index in [-0.39, 0.29) is 0 Å². The van der Waals surface area contributed by atoms with Crippen molar-refractivity contribution in [2.24, 2.45) is 0 Å². The van der Waals surface area contributed by atoms with E-state index in [1.807, 2.05) is 0 Å². The summed E-state index contributed by atoms with van der Waals surface area (Å²) in [5.41, 5.74) is 12.1. The molecule has 0 spiro atoms. The Bertz CT molecular complexity index is 2480. The van der Waals surface area contributed by atoms with Crippen LogP contribution in [-0.2, 0) is 0 Å². The zero-order valence-electron chi connectivity index (χ0n) is 24.1. The van der Waals surface area contributed by atoms with Crippen molar-refractivity contribution >= 4 is 43.6 Å². The van der Waals surface area contributed by atoms with E-state index < -0.39 is 0 Å². The number of fused-ring (bicyclic) bond motifs is 6. The second-order valence-electron chi connectivity index (χ2n) is 11.4. The molecular formula is C42H28N2. The number of para-hydroxylation sites is 3. The lowest BCUT2D eigenvalue weighted by molar-refractivity contribution is 1.17. The van der Waals surface area contributed by atoms with Crippen LogP contribution in [0.5, 0.6) is 0 Å². The summed E-state index contributed by atoms with van der Waals surface area (Å²) in [5.74, 6) is 0. The zero-order chi connectivity index (χ0) is 29.0. The quantitative estimate of drug-likeness (QED) is 0.203. The van der Waals surface area contributed by atoms with Gasteiger partial charge in [-0.05, 0) is 70.8 Å². The summed E-state index contributed by atoms with van der Waals surface area (Å²) in [4.78, 5) is 0. The predicted octanol–water partition coefficient (Wildman–Crippen LogP) is 11.2. The van der Waals surface area contributed by atoms with Crippen molar-refractivity contribution in [2.45, 2.75) is 0 Å². The lowest BCUT2D eigenvalue weighted by atomic mass is 9.94. The van der Waals surface area contributed by atoms with Crippen molar-refractivity contribution in [3.8, 4) is 33.6 Å². The minimum Gasteiger partial charge on any atom is -0.309 e. The molecule has 0 atom stereocenters. The molecule has 0 saturated heterocycles. The molecule has 0 aliphatic heterocycles. The van der Waals surface area contributed by atoms with Gasteiger partial charge in [-0.2, -0.15) is 0 Å². The molecule has 206 valence electrons. The fraction of sp³-hybridized carbons (Fsp3) is 0. The summed E-state index contributed by atoms with van der Waals surface area (Å²) >= 11 is 0. The highest BCUT2D eigenvalue weighted by molar-refractivity contribution is 6.19. The van der Waals surface area contributed by atoms with Crippen molar-refractivity contribution < 1.29 is 0 Å². The van der Waals surface area contributed by atoms with Crippen LogP contribution in [0, 0.1) is 0 Å². The van der Waals surface area contributed by atoms with Crippen molar-refractivity contribution in [3.05, 3.63) is 170 Å². The topological polar surface area (TPSA) is 9.86 Å². The van der Waals surface area contributed by atoms with Crippen LogP contribution < -0.4 is 0 Å². The highest BCUT2D eigenvalue weighted by Gasteiger charge is 2.18. The van der Waals surface area contributed by atoms with E-state index in [4.69, 9.17) is 0 Å². The molecule has 2 aromatic heterocycles. The number of rotatable bonds is 4. The SMILES string of the molecule is c1ccc(-c2ccccc2-c2cccc(-n3c4ccccc4c4cc5c(cc43)c3ccccc3n5-c3ccccc3)c2)cc1. The Morgan fingerprint density at radius 3 is 1.36 bits per heavy atom. The summed E-state index contributed by atoms with van der Waals surface area (Å²) < 4.78 is 4.84. The second kappa shape index (κ2) is 9.86. The normalized spacial score (nSPS) is 11.6. The van der Waals surface area contributed by atoms with Crippen LogP contribution in [0.3, 0.4) is 0 Å². The molecular weight excluding hydrogens is 532 g/mol. The monoisotopic (exact) mass is 560 g/mol. The largest absolute Gasteiger partial charge is 0.309 e. The molecule has 2 nitrogen and oxygen atoms in total. The summed E-state index contributed by atoms with van der Waals surface area (Å²) in [6, 6.07) is 61.4. The number of nitrogens with zero attached hydrogens (tertiary/aromatic N) is 2. The molecule has 0 saturated carbocycles. The van der Waals surface area contributed by atoms with Gasteiger partial charge in [0, 0.05) is 32.9 Å². The Morgan fingerprint density at radius 2 is 0.727 bits per heavy atom. The van der Waals surface area contributed by atoms with E-state index in [0.29, 0.717) is 0 Å². The highest BCUT2D eigenvalue weighted by atomic mass is 15.0. The van der Waals surface area contributed by atoms with Crippen LogP contribution in [0.2, 0.25) is 0 Å². The predicted molar refractivity (Wildman–Crippen MR) is 186 cm³/mol. The van der Waals surface area contributed by atoms with E-state index in [9.17, 15) is 0 Å². The molecule has 0 aliphatic carbocycles. The van der Waals surface area contributed by atoms with Gasteiger partial charge in [-0.25, -0.2) is 0 Å². The van der Waals surface area contributed by atoms with Crippen LogP contribution in [0.1, 0.15) is 0 Å². The molecule has 9 rings (SSSR count). The van der Waals surface area contributed by atoms with Gasteiger partial charge in [0.25, 0.3) is 0 Å². The molecule has 9 aromatic rings. The standard InChI is InChI=1S/C42H28N2/c1-3-14-29(15-4-1)33-20-7-8-21-34(33)30-16-13-19-32(26-30)44-40-25-12-10-23-36(40)38-27-41-37(28-42(38)44)35-22-9-11-24-39(35)43(41)31-17-5-2-6-18-31/h1-28H. The summed E-state index contributed by atoms with van der Waals surface area (Å²) in [7, 11) is 0. The van der Waals surface area contributed by atoms with Gasteiger partial charge in [0.05, 0.1) is 22.1 Å². The Morgan fingerprint density at radius 1 is 0.273 bits per heavy atom. The van der Waals surface area contributed by atoms with Crippen molar-refractivity contribution in [1.29, 1.82) is 0 Å². The van der Waals surface area contributed by atoms with Crippen molar-refractivity contribution in [2.75, 3.05) is 0 Å². The summed E-state index contributed by atoms with van der Waals surface area (Å²) in [6.07, 6.45) is 0. The number of hydrogen-bond donors (Lipinski definition) is 0. The molecule has 2 heteroatoms. The minimum atomic E-state index is 1.16. The summed E-state index contributed by atoms with van der Waals surface area (Å²) in [5, 5.41) is 5.02. The molecule has 44 heavy (non-hydrogen) atoms. The third-order valence-corrected chi connectivity index (χ3v) is 8.91. The van der Waals surface area contributed by atoms with Crippen LogP contribution >= 0.6 is 0 Å². The third kappa shape index (κ3) is 3.75. The van der Waals surface area contributed by atoms with Gasteiger partial charge in [-0.15, -0.1) is 0 Å². The molecule has 2 heterocycles. The molecule has 0 unspecified atom stereocenters. The Balaban J connectivity index is 1.33. The van der Waals surface area contributed by atoms with Crippen molar-refractivity contribution in [3.63, 3.8) is 0 Å². The highest BCUT2D eigenvalue weighted by Crippen LogP contribution is 2.40.